The van der Waals surface area contributed by atoms with Gasteiger partial charge in [0.15, 0.2) is 0 Å². The molecule has 1 heterocycles. The molecule has 1 rings (SSSR count). The zero-order chi connectivity index (χ0) is 14.6. The third-order valence-electron chi connectivity index (χ3n) is 4.12. The van der Waals surface area contributed by atoms with E-state index in [9.17, 15) is 15.0 Å². The summed E-state index contributed by atoms with van der Waals surface area (Å²) in [6.07, 6.45) is 3.25. The number of carbonyl (C=O) groups excluding carboxylic acids is 1. The molecule has 0 bridgehead atoms. The van der Waals surface area contributed by atoms with Crippen LogP contribution in [-0.2, 0) is 0 Å². The summed E-state index contributed by atoms with van der Waals surface area (Å²) in [6, 6.07) is 0.509. The van der Waals surface area contributed by atoms with Crippen molar-refractivity contribution in [2.24, 2.45) is 5.41 Å². The summed E-state index contributed by atoms with van der Waals surface area (Å²) >= 11 is 0. The van der Waals surface area contributed by atoms with Crippen molar-refractivity contribution < 1.29 is 15.0 Å². The van der Waals surface area contributed by atoms with Crippen molar-refractivity contribution in [2.45, 2.75) is 52.1 Å². The van der Waals surface area contributed by atoms with Crippen LogP contribution >= 0.6 is 0 Å². The Hall–Kier alpha value is -0.810. The molecule has 1 aliphatic heterocycles. The SMILES string of the molecule is C[C@@H]1CCC[C@@H](C)N1C(=O)N(C)CC(C)(CO)CO. The Morgan fingerprint density at radius 3 is 2.16 bits per heavy atom. The van der Waals surface area contributed by atoms with E-state index in [1.165, 1.54) is 6.42 Å². The first-order valence-electron chi connectivity index (χ1n) is 7.10. The molecule has 2 amide bonds. The van der Waals surface area contributed by atoms with Gasteiger partial charge in [-0.15, -0.1) is 0 Å². The van der Waals surface area contributed by atoms with Gasteiger partial charge in [0.05, 0.1) is 13.2 Å². The van der Waals surface area contributed by atoms with E-state index in [2.05, 4.69) is 13.8 Å². The summed E-state index contributed by atoms with van der Waals surface area (Å²) in [5.74, 6) is 0. The molecule has 0 aromatic carbocycles. The number of amides is 2. The van der Waals surface area contributed by atoms with Crippen LogP contribution in [-0.4, -0.2) is 64.9 Å². The van der Waals surface area contributed by atoms with Gasteiger partial charge >= 0.3 is 6.03 Å². The highest BCUT2D eigenvalue weighted by molar-refractivity contribution is 5.75. The maximum absolute atomic E-state index is 12.5. The van der Waals surface area contributed by atoms with Crippen LogP contribution in [0.15, 0.2) is 0 Å². The largest absolute Gasteiger partial charge is 0.396 e. The molecule has 5 nitrogen and oxygen atoms in total. The normalized spacial score (nSPS) is 24.4. The molecular formula is C14H28N2O3. The second-order valence-electron chi connectivity index (χ2n) is 6.30. The third-order valence-corrected chi connectivity index (χ3v) is 4.12. The standard InChI is InChI=1S/C14H28N2O3/c1-11-6-5-7-12(2)16(11)13(19)15(4)8-14(3,9-17)10-18/h11-12,17-18H,5-10H2,1-4H3/t11-,12-/m1/s1. The fraction of sp³-hybridized carbons (Fsp3) is 0.929. The lowest BCUT2D eigenvalue weighted by Crippen LogP contribution is -2.54. The van der Waals surface area contributed by atoms with E-state index in [4.69, 9.17) is 0 Å². The molecule has 1 aliphatic rings. The molecule has 1 fully saturated rings. The summed E-state index contributed by atoms with van der Waals surface area (Å²) < 4.78 is 0. The first kappa shape index (κ1) is 16.2. The minimum Gasteiger partial charge on any atom is -0.396 e. The van der Waals surface area contributed by atoms with Gasteiger partial charge < -0.3 is 20.0 Å². The lowest BCUT2D eigenvalue weighted by molar-refractivity contribution is 0.0365. The van der Waals surface area contributed by atoms with E-state index in [0.29, 0.717) is 6.54 Å². The fourth-order valence-electron chi connectivity index (χ4n) is 2.79. The van der Waals surface area contributed by atoms with Crippen LogP contribution in [0, 0.1) is 5.41 Å². The average Bonchev–Trinajstić information content (AvgIpc) is 2.38. The number of piperidine rings is 1. The van der Waals surface area contributed by atoms with Gasteiger partial charge in [-0.2, -0.15) is 0 Å². The minimum atomic E-state index is -0.646. The molecule has 0 aliphatic carbocycles. The summed E-state index contributed by atoms with van der Waals surface area (Å²) in [7, 11) is 1.74. The molecule has 0 aromatic heterocycles. The van der Waals surface area contributed by atoms with Crippen LogP contribution in [0.4, 0.5) is 4.79 Å². The predicted octanol–water partition coefficient (Wildman–Crippen LogP) is 1.29. The Morgan fingerprint density at radius 2 is 1.74 bits per heavy atom. The van der Waals surface area contributed by atoms with Gasteiger partial charge in [-0.25, -0.2) is 4.79 Å². The van der Waals surface area contributed by atoms with Crippen LogP contribution in [0.3, 0.4) is 0 Å². The van der Waals surface area contributed by atoms with Crippen LogP contribution in [0.5, 0.6) is 0 Å². The summed E-state index contributed by atoms with van der Waals surface area (Å²) in [5, 5.41) is 18.6. The van der Waals surface area contributed by atoms with Gasteiger partial charge in [-0.3, -0.25) is 0 Å². The van der Waals surface area contributed by atoms with E-state index in [0.717, 1.165) is 12.8 Å². The maximum atomic E-state index is 12.5. The molecule has 19 heavy (non-hydrogen) atoms. The number of urea groups is 1. The zero-order valence-electron chi connectivity index (χ0n) is 12.6. The van der Waals surface area contributed by atoms with Gasteiger partial charge in [0, 0.05) is 31.1 Å². The predicted molar refractivity (Wildman–Crippen MR) is 74.9 cm³/mol. The van der Waals surface area contributed by atoms with E-state index in [-0.39, 0.29) is 31.3 Å². The molecule has 0 unspecified atom stereocenters. The highest BCUT2D eigenvalue weighted by Crippen LogP contribution is 2.25. The van der Waals surface area contributed by atoms with Gasteiger partial charge in [0.1, 0.15) is 0 Å². The minimum absolute atomic E-state index is 0.00664. The van der Waals surface area contributed by atoms with Crippen molar-refractivity contribution in [1.29, 1.82) is 0 Å². The van der Waals surface area contributed by atoms with Crippen molar-refractivity contribution in [3.63, 3.8) is 0 Å². The Balaban J connectivity index is 2.70. The van der Waals surface area contributed by atoms with Crippen LogP contribution in [0.1, 0.15) is 40.0 Å². The van der Waals surface area contributed by atoms with Crippen molar-refractivity contribution >= 4 is 6.03 Å². The highest BCUT2D eigenvalue weighted by atomic mass is 16.3. The van der Waals surface area contributed by atoms with Gasteiger partial charge in [-0.05, 0) is 33.1 Å². The van der Waals surface area contributed by atoms with Gasteiger partial charge in [0.2, 0.25) is 0 Å². The molecule has 112 valence electrons. The number of nitrogens with zero attached hydrogens (tertiary/aromatic N) is 2. The van der Waals surface area contributed by atoms with Crippen molar-refractivity contribution in [3.8, 4) is 0 Å². The number of carbonyl (C=O) groups is 1. The van der Waals surface area contributed by atoms with Gasteiger partial charge in [-0.1, -0.05) is 6.92 Å². The molecule has 1 saturated heterocycles. The average molecular weight is 272 g/mol. The Kier molecular flexibility index (Phi) is 5.62. The van der Waals surface area contributed by atoms with Crippen molar-refractivity contribution in [2.75, 3.05) is 26.8 Å². The van der Waals surface area contributed by atoms with Crippen LogP contribution in [0.25, 0.3) is 0 Å². The molecule has 0 aromatic rings. The molecule has 5 heteroatoms. The highest BCUT2D eigenvalue weighted by Gasteiger charge is 2.33. The van der Waals surface area contributed by atoms with E-state index in [1.807, 2.05) is 4.90 Å². The maximum Gasteiger partial charge on any atom is 0.320 e. The summed E-state index contributed by atoms with van der Waals surface area (Å²) in [6.45, 7) is 6.03. The first-order valence-corrected chi connectivity index (χ1v) is 7.10. The lowest BCUT2D eigenvalue weighted by atomic mass is 9.92. The Bertz CT molecular complexity index is 295. The summed E-state index contributed by atoms with van der Waals surface area (Å²) in [4.78, 5) is 16.1. The molecular weight excluding hydrogens is 244 g/mol. The first-order chi connectivity index (χ1) is 8.84. The molecule has 2 atom stereocenters. The smallest absolute Gasteiger partial charge is 0.320 e. The van der Waals surface area contributed by atoms with Crippen molar-refractivity contribution in [1.82, 2.24) is 9.80 Å². The Labute approximate surface area is 116 Å². The summed E-state index contributed by atoms with van der Waals surface area (Å²) in [5.41, 5.74) is -0.646. The number of aliphatic hydroxyl groups is 2. The monoisotopic (exact) mass is 272 g/mol. The number of hydrogen-bond acceptors (Lipinski definition) is 3. The second-order valence-corrected chi connectivity index (χ2v) is 6.30. The molecule has 0 spiro atoms. The fourth-order valence-corrected chi connectivity index (χ4v) is 2.79. The van der Waals surface area contributed by atoms with Crippen LogP contribution in [0.2, 0.25) is 0 Å². The number of hydrogen-bond donors (Lipinski definition) is 2. The molecule has 0 saturated carbocycles. The van der Waals surface area contributed by atoms with E-state index >= 15 is 0 Å². The quantitative estimate of drug-likeness (QED) is 0.810. The third kappa shape index (κ3) is 3.83. The lowest BCUT2D eigenvalue weighted by Gasteiger charge is -2.42. The second kappa shape index (κ2) is 6.57. The van der Waals surface area contributed by atoms with Crippen molar-refractivity contribution in [3.05, 3.63) is 0 Å². The number of rotatable bonds is 4. The van der Waals surface area contributed by atoms with Crippen LogP contribution < -0.4 is 0 Å². The zero-order valence-corrected chi connectivity index (χ0v) is 12.6. The topological polar surface area (TPSA) is 64.0 Å². The molecule has 0 radical (unpaired) electrons. The Morgan fingerprint density at radius 1 is 1.26 bits per heavy atom. The van der Waals surface area contributed by atoms with E-state index < -0.39 is 5.41 Å². The number of likely N-dealkylation sites (tertiary alicyclic amines) is 1. The van der Waals surface area contributed by atoms with Gasteiger partial charge in [0.25, 0.3) is 0 Å². The van der Waals surface area contributed by atoms with E-state index in [1.54, 1.807) is 18.9 Å². The number of aliphatic hydroxyl groups excluding tert-OH is 2. The molecule has 2 N–H and O–H groups in total.